The lowest BCUT2D eigenvalue weighted by Gasteiger charge is -2.24. The van der Waals surface area contributed by atoms with Gasteiger partial charge in [0.25, 0.3) is 0 Å². The molecule has 7 amide bonds. The lowest BCUT2D eigenvalue weighted by Crippen LogP contribution is -2.47. The molecular formula is C47H76N6O14. The van der Waals surface area contributed by atoms with Crippen molar-refractivity contribution in [2.24, 2.45) is 29.4 Å². The number of unbranched alkanes of at least 4 members (excludes halogenated alkanes) is 1. The monoisotopic (exact) mass is 949 g/mol. The molecule has 0 bridgehead atoms. The summed E-state index contributed by atoms with van der Waals surface area (Å²) in [4.78, 5) is 104. The Hall–Kier alpha value is -5.18. The highest BCUT2D eigenvalue weighted by molar-refractivity contribution is 6.03. The molecule has 1 saturated heterocycles. The fourth-order valence-electron chi connectivity index (χ4n) is 6.68. The number of amides is 7. The van der Waals surface area contributed by atoms with Gasteiger partial charge in [0.2, 0.25) is 29.5 Å². The third kappa shape index (κ3) is 23.4. The number of carbonyl (C=O) groups is 8. The summed E-state index contributed by atoms with van der Waals surface area (Å²) in [5.74, 6) is -2.91. The third-order valence-electron chi connectivity index (χ3n) is 10.9. The molecule has 0 aromatic heterocycles. The van der Waals surface area contributed by atoms with Crippen LogP contribution in [0.1, 0.15) is 92.1 Å². The van der Waals surface area contributed by atoms with Gasteiger partial charge in [-0.05, 0) is 56.2 Å². The molecule has 20 heteroatoms. The van der Waals surface area contributed by atoms with Crippen LogP contribution in [-0.2, 0) is 63.8 Å². The van der Waals surface area contributed by atoms with Crippen molar-refractivity contribution in [2.75, 3.05) is 91.9 Å². The average Bonchev–Trinajstić information content (AvgIpc) is 3.56. The van der Waals surface area contributed by atoms with Crippen molar-refractivity contribution in [2.45, 2.75) is 105 Å². The van der Waals surface area contributed by atoms with Crippen LogP contribution >= 0.6 is 0 Å². The van der Waals surface area contributed by atoms with Gasteiger partial charge < -0.3 is 54.6 Å². The number of Topliss-reactive ketones (excluding diaryl/α,β-unsaturated/α-hetero) is 1. The van der Waals surface area contributed by atoms with Gasteiger partial charge in [0, 0.05) is 70.4 Å². The minimum atomic E-state index is -0.968. The number of nitrogens with two attached hydrogens (primary N) is 1. The number of carbonyl (C=O) groups excluding carboxylic acids is 8. The second kappa shape index (κ2) is 31.7. The van der Waals surface area contributed by atoms with Crippen molar-refractivity contribution >= 4 is 53.2 Å². The summed E-state index contributed by atoms with van der Waals surface area (Å²) in [7, 11) is 3.13. The van der Waals surface area contributed by atoms with Crippen molar-refractivity contribution in [3.8, 4) is 0 Å². The smallest absolute Gasteiger partial charge is 0.409 e. The summed E-state index contributed by atoms with van der Waals surface area (Å²) in [5, 5.41) is 5.65. The van der Waals surface area contributed by atoms with E-state index in [0.29, 0.717) is 57.1 Å². The van der Waals surface area contributed by atoms with Gasteiger partial charge in [-0.2, -0.15) is 0 Å². The first-order chi connectivity index (χ1) is 31.8. The predicted octanol–water partition coefficient (Wildman–Crippen LogP) is 3.92. The normalized spacial score (nSPS) is 14.6. The Labute approximate surface area is 395 Å². The lowest BCUT2D eigenvalue weighted by atomic mass is 9.88. The summed E-state index contributed by atoms with van der Waals surface area (Å²) < 4.78 is 32.6. The van der Waals surface area contributed by atoms with E-state index in [1.54, 1.807) is 52.2 Å². The zero-order valence-electron chi connectivity index (χ0n) is 40.8. The number of nitrogens with zero attached hydrogens (tertiary/aromatic N) is 3. The van der Waals surface area contributed by atoms with Crippen LogP contribution in [0.5, 0.6) is 0 Å². The first-order valence-corrected chi connectivity index (χ1v) is 23.3. The Balaban J connectivity index is 1.73. The number of ether oxygens (including phenoxy) is 6. The van der Waals surface area contributed by atoms with Crippen LogP contribution in [0.4, 0.5) is 15.3 Å². The fraction of sp³-hybridized carbons (Fsp3) is 0.702. The highest BCUT2D eigenvalue weighted by Gasteiger charge is 2.39. The van der Waals surface area contributed by atoms with Crippen molar-refractivity contribution in [1.29, 1.82) is 0 Å². The van der Waals surface area contributed by atoms with Gasteiger partial charge in [0.05, 0.1) is 65.5 Å². The van der Waals surface area contributed by atoms with Gasteiger partial charge in [-0.15, -0.1) is 0 Å². The summed E-state index contributed by atoms with van der Waals surface area (Å²) in [6.07, 6.45) is 0.184. The Morgan fingerprint density at radius 3 is 1.85 bits per heavy atom. The van der Waals surface area contributed by atoms with E-state index in [2.05, 4.69) is 10.6 Å². The zero-order valence-corrected chi connectivity index (χ0v) is 40.8. The third-order valence-corrected chi connectivity index (χ3v) is 10.9. The number of hydrogen-bond acceptors (Lipinski definition) is 14. The van der Waals surface area contributed by atoms with E-state index in [9.17, 15) is 38.4 Å². The number of nitrogens with one attached hydrogen (secondary N) is 2. The molecule has 378 valence electrons. The van der Waals surface area contributed by atoms with Crippen molar-refractivity contribution in [3.05, 3.63) is 29.8 Å². The van der Waals surface area contributed by atoms with Crippen LogP contribution in [0.25, 0.3) is 0 Å². The summed E-state index contributed by atoms with van der Waals surface area (Å²) in [6, 6.07) is 5.68. The van der Waals surface area contributed by atoms with Crippen LogP contribution in [-0.4, -0.2) is 161 Å². The van der Waals surface area contributed by atoms with Crippen LogP contribution in [0.15, 0.2) is 24.3 Å². The Bertz CT molecular complexity index is 1730. The maximum absolute atomic E-state index is 13.6. The van der Waals surface area contributed by atoms with Gasteiger partial charge in [-0.25, -0.2) is 9.59 Å². The second-order valence-electron chi connectivity index (χ2n) is 17.5. The molecule has 0 saturated carbocycles. The molecule has 1 aliphatic rings. The topological polar surface area (TPSA) is 252 Å². The first-order valence-electron chi connectivity index (χ1n) is 23.3. The number of rotatable bonds is 34. The molecule has 67 heavy (non-hydrogen) atoms. The number of likely N-dealkylation sites (tertiary alicyclic amines) is 1. The SMILES string of the molecule is CC(C)OC(=O)N(C)CCN(C)C(=O)OCc1ccc(NC(=O)[C@H](CCCCC(N)=O)NC(=O)C(CC(=O)CCOCCOCCOCCOCCN2C(=O)CC(C(C)C)C2=O)C(C)C)cc1. The number of anilines is 1. The molecule has 1 aliphatic heterocycles. The van der Waals surface area contributed by atoms with E-state index < -0.39 is 41.9 Å². The average molecular weight is 949 g/mol. The van der Waals surface area contributed by atoms with Gasteiger partial charge in [-0.3, -0.25) is 33.7 Å². The van der Waals surface area contributed by atoms with Gasteiger partial charge in [0.15, 0.2) is 0 Å². The second-order valence-corrected chi connectivity index (χ2v) is 17.5. The van der Waals surface area contributed by atoms with E-state index >= 15 is 0 Å². The molecular weight excluding hydrogens is 873 g/mol. The summed E-state index contributed by atoms with van der Waals surface area (Å²) in [6.45, 7) is 14.0. The van der Waals surface area contributed by atoms with E-state index in [4.69, 9.17) is 34.2 Å². The van der Waals surface area contributed by atoms with Crippen molar-refractivity contribution < 1.29 is 66.8 Å². The number of benzene rings is 1. The number of primary amides is 1. The molecule has 0 aliphatic carbocycles. The molecule has 2 unspecified atom stereocenters. The minimum absolute atomic E-state index is 0.0380. The van der Waals surface area contributed by atoms with E-state index in [-0.39, 0.29) is 120 Å². The van der Waals surface area contributed by atoms with Crippen LogP contribution in [0.3, 0.4) is 0 Å². The Morgan fingerprint density at radius 2 is 1.31 bits per heavy atom. The van der Waals surface area contributed by atoms with E-state index in [0.717, 1.165) is 0 Å². The fourth-order valence-corrected chi connectivity index (χ4v) is 6.68. The summed E-state index contributed by atoms with van der Waals surface area (Å²) >= 11 is 0. The molecule has 1 aromatic rings. The largest absolute Gasteiger partial charge is 0.447 e. The molecule has 0 spiro atoms. The molecule has 4 N–H and O–H groups in total. The van der Waals surface area contributed by atoms with Crippen molar-refractivity contribution in [1.82, 2.24) is 20.0 Å². The highest BCUT2D eigenvalue weighted by atomic mass is 16.6. The highest BCUT2D eigenvalue weighted by Crippen LogP contribution is 2.26. The quantitative estimate of drug-likeness (QED) is 0.0655. The van der Waals surface area contributed by atoms with Gasteiger partial charge >= 0.3 is 12.2 Å². The molecule has 20 nitrogen and oxygen atoms in total. The predicted molar refractivity (Wildman–Crippen MR) is 247 cm³/mol. The Morgan fingerprint density at radius 1 is 0.746 bits per heavy atom. The zero-order chi connectivity index (χ0) is 49.9. The van der Waals surface area contributed by atoms with Crippen LogP contribution in [0.2, 0.25) is 0 Å². The molecule has 1 fully saturated rings. The van der Waals surface area contributed by atoms with Crippen molar-refractivity contribution in [3.63, 3.8) is 0 Å². The van der Waals surface area contributed by atoms with E-state index in [1.165, 1.54) is 14.7 Å². The van der Waals surface area contributed by atoms with Crippen LogP contribution < -0.4 is 16.4 Å². The number of ketones is 1. The number of imide groups is 1. The van der Waals surface area contributed by atoms with Gasteiger partial charge in [-0.1, -0.05) is 46.2 Å². The Kier molecular flexibility index (Phi) is 27.4. The molecule has 1 aromatic carbocycles. The minimum Gasteiger partial charge on any atom is -0.447 e. The van der Waals surface area contributed by atoms with Gasteiger partial charge in [0.1, 0.15) is 18.4 Å². The molecule has 1 heterocycles. The van der Waals surface area contributed by atoms with E-state index in [1.807, 2.05) is 27.7 Å². The number of hydrogen-bond donors (Lipinski definition) is 3. The first kappa shape index (κ1) is 57.9. The maximum Gasteiger partial charge on any atom is 0.409 e. The lowest BCUT2D eigenvalue weighted by molar-refractivity contribution is -0.140. The molecule has 2 rings (SSSR count). The molecule has 0 radical (unpaired) electrons. The van der Waals surface area contributed by atoms with Crippen LogP contribution in [0, 0.1) is 23.7 Å². The maximum atomic E-state index is 13.6. The summed E-state index contributed by atoms with van der Waals surface area (Å²) in [5.41, 5.74) is 6.39. The number of likely N-dealkylation sites (N-methyl/N-ethyl adjacent to an activating group) is 2. The standard InChI is InChI=1S/C47H76N6O14/c1-32(2)38(29-37(54)17-21-62-23-25-64-27-28-65-26-24-63-22-20-53-42(56)30-39(33(3)4)45(53)59)43(57)50-40(11-9-10-12-41(48)55)44(58)49-36-15-13-35(14-16-36)31-66-46(60)51(7)18-19-52(8)47(61)67-34(5)6/h13-16,32-34,38-40H,9-12,17-31H2,1-8H3,(H2,48,55)(H,49,58)(H,50,57)/t38?,39?,40-/m0/s1. The molecule has 3 atom stereocenters.